The number of hydrogen-bond donors (Lipinski definition) is 3. The Bertz CT molecular complexity index is 1950. The summed E-state index contributed by atoms with van der Waals surface area (Å²) in [5.74, 6) is 5.32. The largest absolute Gasteiger partial charge is 0.394 e. The molecule has 2 aromatic carbocycles. The summed E-state index contributed by atoms with van der Waals surface area (Å²) in [6.45, 7) is 7.95. The van der Waals surface area contributed by atoms with Crippen LogP contribution >= 0.6 is 0 Å². The fraction of sp³-hybridized carbons (Fsp3) is 0.324. The normalized spacial score (nSPS) is 14.6. The summed E-state index contributed by atoms with van der Waals surface area (Å²) < 4.78 is 24.0. The van der Waals surface area contributed by atoms with Crippen molar-refractivity contribution in [3.05, 3.63) is 107 Å². The second-order valence-electron chi connectivity index (χ2n) is 11.9. The predicted octanol–water partition coefficient (Wildman–Crippen LogP) is 2.58. The molecule has 0 spiro atoms. The zero-order valence-corrected chi connectivity index (χ0v) is 29.2. The first-order chi connectivity index (χ1) is 24.2. The Morgan fingerprint density at radius 1 is 0.920 bits per heavy atom. The molecule has 262 valence electrons. The summed E-state index contributed by atoms with van der Waals surface area (Å²) >= 11 is 0. The van der Waals surface area contributed by atoms with Crippen molar-refractivity contribution in [1.29, 1.82) is 0 Å². The number of aromatic nitrogens is 3. The van der Waals surface area contributed by atoms with Gasteiger partial charge in [0.25, 0.3) is 11.8 Å². The molecule has 0 bridgehead atoms. The molecular weight excluding hydrogens is 655 g/mol. The number of aliphatic hydroxyl groups is 1. The molecule has 1 atom stereocenters. The number of aliphatic hydroxyl groups excluding tert-OH is 1. The van der Waals surface area contributed by atoms with Gasteiger partial charge in [-0.2, -0.15) is 5.10 Å². The number of benzene rings is 2. The van der Waals surface area contributed by atoms with Gasteiger partial charge in [0.15, 0.2) is 0 Å². The van der Waals surface area contributed by atoms with Crippen molar-refractivity contribution >= 4 is 32.6 Å². The molecule has 5 rings (SSSR count). The number of hydrogen-bond acceptors (Lipinski definition) is 9. The molecule has 0 saturated carbocycles. The van der Waals surface area contributed by atoms with Crippen LogP contribution in [-0.4, -0.2) is 110 Å². The van der Waals surface area contributed by atoms with Gasteiger partial charge in [-0.1, -0.05) is 36.1 Å². The lowest BCUT2D eigenvalue weighted by Crippen LogP contribution is -2.47. The number of carbonyl (C=O) groups excluding carboxylic acids is 2. The number of nitrogens with zero attached hydrogens (tertiary/aromatic N) is 5. The molecule has 2 amide bonds. The standard InChI is InChI=1S/C37H43N7O5S/c1-29-24-35(42(2)40-29)37(47)39-33-9-6-8-30(26-33)12-13-31-25-32(28-38-27-31)36(46)41-50(48,34-10-4-3-5-11-34)23-7-14-43-15-17-44(18-16-43)19-21-49-22-20-45/h3-6,8-11,23-28,45H,7,14-22H2,1-2H3,(H,39,47)(H,41,46,48). The van der Waals surface area contributed by atoms with E-state index < -0.39 is 15.6 Å². The lowest BCUT2D eigenvalue weighted by molar-refractivity contribution is 0.0581. The lowest BCUT2D eigenvalue weighted by atomic mass is 10.1. The summed E-state index contributed by atoms with van der Waals surface area (Å²) in [6, 6.07) is 19.5. The van der Waals surface area contributed by atoms with Crippen LogP contribution in [0.1, 0.15) is 44.1 Å². The van der Waals surface area contributed by atoms with E-state index in [-0.39, 0.29) is 18.1 Å². The van der Waals surface area contributed by atoms with Gasteiger partial charge in [-0.05, 0) is 61.2 Å². The summed E-state index contributed by atoms with van der Waals surface area (Å²) in [5.41, 5.74) is 3.19. The van der Waals surface area contributed by atoms with Gasteiger partial charge in [0.2, 0.25) is 0 Å². The van der Waals surface area contributed by atoms with Gasteiger partial charge in [0.1, 0.15) is 5.69 Å². The topological polar surface area (TPSA) is 142 Å². The third-order valence-electron chi connectivity index (χ3n) is 8.09. The third-order valence-corrected chi connectivity index (χ3v) is 10.3. The third kappa shape index (κ3) is 10.3. The van der Waals surface area contributed by atoms with E-state index in [1.165, 1.54) is 10.9 Å². The molecule has 13 heteroatoms. The molecule has 1 saturated heterocycles. The van der Waals surface area contributed by atoms with E-state index in [1.54, 1.807) is 73.2 Å². The summed E-state index contributed by atoms with van der Waals surface area (Å²) in [5, 5.41) is 17.7. The second kappa shape index (κ2) is 17.7. The Morgan fingerprint density at radius 3 is 2.38 bits per heavy atom. The van der Waals surface area contributed by atoms with Crippen molar-refractivity contribution in [2.45, 2.75) is 18.2 Å². The van der Waals surface area contributed by atoms with Crippen LogP contribution in [0, 0.1) is 18.8 Å². The molecule has 12 nitrogen and oxygen atoms in total. The molecular formula is C37H43N7O5S. The minimum atomic E-state index is -3.05. The average Bonchev–Trinajstić information content (AvgIpc) is 3.48. The van der Waals surface area contributed by atoms with Crippen molar-refractivity contribution < 1.29 is 23.6 Å². The van der Waals surface area contributed by atoms with E-state index in [4.69, 9.17) is 9.84 Å². The number of rotatable bonds is 13. The maximum Gasteiger partial charge on any atom is 0.273 e. The van der Waals surface area contributed by atoms with Gasteiger partial charge in [0, 0.05) is 80.4 Å². The van der Waals surface area contributed by atoms with Gasteiger partial charge in [-0.25, -0.2) is 4.21 Å². The summed E-state index contributed by atoms with van der Waals surface area (Å²) in [7, 11) is -1.33. The van der Waals surface area contributed by atoms with Gasteiger partial charge >= 0.3 is 0 Å². The second-order valence-corrected chi connectivity index (χ2v) is 14.1. The van der Waals surface area contributed by atoms with Crippen LogP contribution in [0.4, 0.5) is 5.69 Å². The number of amides is 2. The lowest BCUT2D eigenvalue weighted by Gasteiger charge is -2.34. The smallest absolute Gasteiger partial charge is 0.273 e. The number of carbonyl (C=O) groups is 2. The SMILES string of the molecule is Cc1cc(C(=O)Nc2cccc(C#Cc3cncc(C(=O)NS(=O)(=CCCN4CCN(CCOCCO)CC4)c4ccccc4)c3)c2)n(C)n1. The van der Waals surface area contributed by atoms with Crippen LogP contribution in [-0.2, 0) is 21.5 Å². The fourth-order valence-electron chi connectivity index (χ4n) is 5.48. The Morgan fingerprint density at radius 2 is 1.66 bits per heavy atom. The average molecular weight is 698 g/mol. The molecule has 1 aliphatic heterocycles. The van der Waals surface area contributed by atoms with Crippen LogP contribution < -0.4 is 10.0 Å². The zero-order valence-electron chi connectivity index (χ0n) is 28.4. The van der Waals surface area contributed by atoms with E-state index in [2.05, 4.69) is 41.8 Å². The molecule has 3 N–H and O–H groups in total. The van der Waals surface area contributed by atoms with Gasteiger partial charge in [-0.3, -0.25) is 28.9 Å². The number of nitrogens with one attached hydrogen (secondary N) is 2. The van der Waals surface area contributed by atoms with Crippen LogP contribution in [0.5, 0.6) is 0 Å². The fourth-order valence-corrected chi connectivity index (χ4v) is 7.27. The van der Waals surface area contributed by atoms with Crippen molar-refractivity contribution in [2.24, 2.45) is 7.05 Å². The van der Waals surface area contributed by atoms with Crippen molar-refractivity contribution in [1.82, 2.24) is 29.3 Å². The monoisotopic (exact) mass is 697 g/mol. The Hall–Kier alpha value is -4.84. The maximum atomic E-state index is 14.3. The van der Waals surface area contributed by atoms with Crippen LogP contribution in [0.25, 0.3) is 0 Å². The molecule has 3 heterocycles. The Labute approximate surface area is 293 Å². The highest BCUT2D eigenvalue weighted by molar-refractivity contribution is 8.00. The molecule has 1 fully saturated rings. The number of aryl methyl sites for hydroxylation is 2. The van der Waals surface area contributed by atoms with Gasteiger partial charge in [0.05, 0.1) is 40.8 Å². The quantitative estimate of drug-likeness (QED) is 0.109. The molecule has 0 radical (unpaired) electrons. The molecule has 2 aromatic heterocycles. The first-order valence-corrected chi connectivity index (χ1v) is 18.1. The summed E-state index contributed by atoms with van der Waals surface area (Å²) in [6.07, 6.45) is 3.51. The van der Waals surface area contributed by atoms with E-state index in [0.29, 0.717) is 47.0 Å². The molecule has 1 aliphatic rings. The minimum Gasteiger partial charge on any atom is -0.394 e. The molecule has 0 aliphatic carbocycles. The highest BCUT2D eigenvalue weighted by Crippen LogP contribution is 2.14. The number of piperazine rings is 1. The highest BCUT2D eigenvalue weighted by Gasteiger charge is 2.19. The van der Waals surface area contributed by atoms with Crippen LogP contribution in [0.3, 0.4) is 0 Å². The Kier molecular flexibility index (Phi) is 12.9. The number of ether oxygens (including phenoxy) is 1. The van der Waals surface area contributed by atoms with E-state index >= 15 is 0 Å². The Balaban J connectivity index is 1.22. The zero-order chi connectivity index (χ0) is 35.3. The first kappa shape index (κ1) is 36.4. The summed E-state index contributed by atoms with van der Waals surface area (Å²) in [4.78, 5) is 35.6. The number of anilines is 1. The van der Waals surface area contributed by atoms with Crippen LogP contribution in [0.15, 0.2) is 84.0 Å². The van der Waals surface area contributed by atoms with Crippen LogP contribution in [0.2, 0.25) is 0 Å². The first-order valence-electron chi connectivity index (χ1n) is 16.5. The maximum absolute atomic E-state index is 14.3. The van der Waals surface area contributed by atoms with Crippen molar-refractivity contribution in [3.8, 4) is 11.8 Å². The number of pyridine rings is 1. The van der Waals surface area contributed by atoms with Crippen molar-refractivity contribution in [3.63, 3.8) is 0 Å². The molecule has 50 heavy (non-hydrogen) atoms. The van der Waals surface area contributed by atoms with Gasteiger partial charge in [-0.15, -0.1) is 0 Å². The highest BCUT2D eigenvalue weighted by atomic mass is 32.2. The molecule has 4 aromatic rings. The van der Waals surface area contributed by atoms with E-state index in [1.807, 2.05) is 19.1 Å². The predicted molar refractivity (Wildman–Crippen MR) is 194 cm³/mol. The van der Waals surface area contributed by atoms with Crippen molar-refractivity contribution in [2.75, 3.05) is 64.4 Å². The van der Waals surface area contributed by atoms with E-state index in [9.17, 15) is 13.8 Å². The molecule has 1 unspecified atom stereocenters. The minimum absolute atomic E-state index is 0.0308. The van der Waals surface area contributed by atoms with Gasteiger partial charge < -0.3 is 20.1 Å². The van der Waals surface area contributed by atoms with E-state index in [0.717, 1.165) is 45.0 Å².